The lowest BCUT2D eigenvalue weighted by atomic mass is 10.2. The van der Waals surface area contributed by atoms with Crippen LogP contribution in [0.2, 0.25) is 0 Å². The molecule has 0 radical (unpaired) electrons. The zero-order chi connectivity index (χ0) is 12.0. The summed E-state index contributed by atoms with van der Waals surface area (Å²) >= 11 is 0. The Kier molecular flexibility index (Phi) is 5.21. The molecule has 0 saturated carbocycles. The van der Waals surface area contributed by atoms with Gasteiger partial charge >= 0.3 is 5.97 Å². The number of carbonyl (C=O) groups is 1. The molecule has 1 fully saturated rings. The number of unbranched alkanes of at least 4 members (excludes halogenated alkanes) is 1. The Morgan fingerprint density at radius 1 is 1.38 bits per heavy atom. The lowest BCUT2D eigenvalue weighted by molar-refractivity contribution is -0.137. The maximum absolute atomic E-state index is 11.6. The van der Waals surface area contributed by atoms with Gasteiger partial charge in [0.25, 0.3) is 0 Å². The van der Waals surface area contributed by atoms with E-state index in [0.29, 0.717) is 19.4 Å². The number of sulfone groups is 1. The molecule has 0 amide bonds. The Hall–Kier alpha value is -0.620. The third-order valence-corrected chi connectivity index (χ3v) is 4.35. The van der Waals surface area contributed by atoms with E-state index in [9.17, 15) is 13.2 Å². The van der Waals surface area contributed by atoms with E-state index in [1.807, 2.05) is 0 Å². The molecule has 0 aliphatic carbocycles. The van der Waals surface area contributed by atoms with Crippen LogP contribution >= 0.6 is 0 Å². The second-order valence-electron chi connectivity index (χ2n) is 4.10. The molecule has 16 heavy (non-hydrogen) atoms. The van der Waals surface area contributed by atoms with E-state index in [1.54, 1.807) is 0 Å². The fourth-order valence-corrected chi connectivity index (χ4v) is 3.38. The highest BCUT2D eigenvalue weighted by molar-refractivity contribution is 7.91. The van der Waals surface area contributed by atoms with E-state index in [0.717, 1.165) is 12.8 Å². The summed E-state index contributed by atoms with van der Waals surface area (Å²) in [6.45, 7) is 0.652. The molecule has 1 aliphatic rings. The van der Waals surface area contributed by atoms with Gasteiger partial charge in [-0.25, -0.2) is 8.42 Å². The van der Waals surface area contributed by atoms with Crippen molar-refractivity contribution in [3.63, 3.8) is 0 Å². The van der Waals surface area contributed by atoms with Crippen LogP contribution in [0.25, 0.3) is 0 Å². The van der Waals surface area contributed by atoms with Crippen molar-refractivity contribution in [3.05, 3.63) is 0 Å². The normalized spacial score (nSPS) is 21.1. The highest BCUT2D eigenvalue weighted by Crippen LogP contribution is 2.15. The van der Waals surface area contributed by atoms with Crippen LogP contribution < -0.4 is 0 Å². The Balaban J connectivity index is 2.20. The maximum atomic E-state index is 11.6. The summed E-state index contributed by atoms with van der Waals surface area (Å²) in [6, 6.07) is 0. The van der Waals surface area contributed by atoms with Crippen LogP contribution in [0.5, 0.6) is 0 Å². The van der Waals surface area contributed by atoms with Gasteiger partial charge in [-0.3, -0.25) is 4.79 Å². The monoisotopic (exact) mass is 250 g/mol. The summed E-state index contributed by atoms with van der Waals surface area (Å²) in [6.07, 6.45) is 2.47. The average molecular weight is 250 g/mol. The molecule has 0 aromatic carbocycles. The molecule has 0 aromatic rings. The van der Waals surface area contributed by atoms with Gasteiger partial charge in [0.15, 0.2) is 9.84 Å². The van der Waals surface area contributed by atoms with Crippen molar-refractivity contribution in [1.29, 1.82) is 0 Å². The summed E-state index contributed by atoms with van der Waals surface area (Å²) in [4.78, 5) is 10.2. The summed E-state index contributed by atoms with van der Waals surface area (Å²) < 4.78 is 28.5. The molecule has 1 unspecified atom stereocenters. The van der Waals surface area contributed by atoms with Crippen molar-refractivity contribution < 1.29 is 23.1 Å². The number of carboxylic acid groups (broad SMARTS) is 1. The van der Waals surface area contributed by atoms with E-state index >= 15 is 0 Å². The third kappa shape index (κ3) is 5.46. The van der Waals surface area contributed by atoms with Gasteiger partial charge in [-0.1, -0.05) is 0 Å². The van der Waals surface area contributed by atoms with Gasteiger partial charge < -0.3 is 9.84 Å². The zero-order valence-electron chi connectivity index (χ0n) is 9.22. The predicted octanol–water partition coefficient (Wildman–Crippen LogP) is 0.835. The van der Waals surface area contributed by atoms with Gasteiger partial charge in [0.1, 0.15) is 0 Å². The van der Waals surface area contributed by atoms with Crippen molar-refractivity contribution >= 4 is 15.8 Å². The Labute approximate surface area is 95.7 Å². The lowest BCUT2D eigenvalue weighted by Crippen LogP contribution is -2.22. The minimum atomic E-state index is -3.08. The first-order valence-corrected chi connectivity index (χ1v) is 7.35. The highest BCUT2D eigenvalue weighted by Gasteiger charge is 2.22. The first-order chi connectivity index (χ1) is 7.49. The van der Waals surface area contributed by atoms with E-state index in [-0.39, 0.29) is 24.0 Å². The molecule has 0 aromatic heterocycles. The van der Waals surface area contributed by atoms with E-state index in [4.69, 9.17) is 9.84 Å². The molecule has 1 saturated heterocycles. The quantitative estimate of drug-likeness (QED) is 0.677. The van der Waals surface area contributed by atoms with Crippen LogP contribution in [0.3, 0.4) is 0 Å². The van der Waals surface area contributed by atoms with Gasteiger partial charge in [-0.15, -0.1) is 0 Å². The summed E-state index contributed by atoms with van der Waals surface area (Å²) in [5.74, 6) is -0.725. The van der Waals surface area contributed by atoms with Crippen molar-refractivity contribution in [2.24, 2.45) is 0 Å². The molecule has 0 bridgehead atoms. The molecule has 1 N–H and O–H groups in total. The number of rotatable bonds is 7. The standard InChI is InChI=1S/C10H18O5S/c11-10(12)5-1-2-7-16(13,14)8-9-4-3-6-15-9/h9H,1-8H2,(H,11,12). The second-order valence-corrected chi connectivity index (χ2v) is 6.33. The minimum absolute atomic E-state index is 0.0372. The van der Waals surface area contributed by atoms with Crippen molar-refractivity contribution in [2.45, 2.75) is 38.2 Å². The van der Waals surface area contributed by atoms with Crippen molar-refractivity contribution in [1.82, 2.24) is 0 Å². The first-order valence-electron chi connectivity index (χ1n) is 5.53. The fraction of sp³-hybridized carbons (Fsp3) is 0.900. The fourth-order valence-electron chi connectivity index (χ4n) is 1.74. The summed E-state index contributed by atoms with van der Waals surface area (Å²) in [5.41, 5.74) is 0. The Morgan fingerprint density at radius 3 is 2.69 bits per heavy atom. The van der Waals surface area contributed by atoms with Gasteiger partial charge in [0.05, 0.1) is 17.6 Å². The molecular formula is C10H18O5S. The van der Waals surface area contributed by atoms with Crippen molar-refractivity contribution in [3.8, 4) is 0 Å². The van der Waals surface area contributed by atoms with Crippen molar-refractivity contribution in [2.75, 3.05) is 18.1 Å². The van der Waals surface area contributed by atoms with Crippen LogP contribution in [-0.4, -0.2) is 43.7 Å². The van der Waals surface area contributed by atoms with Crippen LogP contribution in [-0.2, 0) is 19.4 Å². The number of hydrogen-bond donors (Lipinski definition) is 1. The molecule has 1 rings (SSSR count). The zero-order valence-corrected chi connectivity index (χ0v) is 10.0. The number of aliphatic carboxylic acids is 1. The highest BCUT2D eigenvalue weighted by atomic mass is 32.2. The maximum Gasteiger partial charge on any atom is 0.303 e. The molecular weight excluding hydrogens is 232 g/mol. The SMILES string of the molecule is O=C(O)CCCCS(=O)(=O)CC1CCCO1. The Morgan fingerprint density at radius 2 is 2.12 bits per heavy atom. The van der Waals surface area contributed by atoms with Gasteiger partial charge in [-0.05, 0) is 25.7 Å². The average Bonchev–Trinajstić information content (AvgIpc) is 2.64. The lowest BCUT2D eigenvalue weighted by Gasteiger charge is -2.09. The number of hydrogen-bond acceptors (Lipinski definition) is 4. The summed E-state index contributed by atoms with van der Waals surface area (Å²) in [5, 5.41) is 8.40. The number of carboxylic acids is 1. The number of ether oxygens (including phenoxy) is 1. The van der Waals surface area contributed by atoms with Gasteiger partial charge in [-0.2, -0.15) is 0 Å². The largest absolute Gasteiger partial charge is 0.481 e. The van der Waals surface area contributed by atoms with Crippen LogP contribution in [0.1, 0.15) is 32.1 Å². The van der Waals surface area contributed by atoms with E-state index < -0.39 is 15.8 Å². The topological polar surface area (TPSA) is 80.7 Å². The molecule has 1 heterocycles. The minimum Gasteiger partial charge on any atom is -0.481 e. The predicted molar refractivity (Wildman–Crippen MR) is 59.1 cm³/mol. The van der Waals surface area contributed by atoms with Crippen LogP contribution in [0, 0.1) is 0 Å². The molecule has 94 valence electrons. The first kappa shape index (κ1) is 13.4. The molecule has 1 atom stereocenters. The van der Waals surface area contributed by atoms with Gasteiger partial charge in [0.2, 0.25) is 0 Å². The molecule has 5 nitrogen and oxygen atoms in total. The van der Waals surface area contributed by atoms with Crippen LogP contribution in [0.15, 0.2) is 0 Å². The summed E-state index contributed by atoms with van der Waals surface area (Å²) in [7, 11) is -3.08. The molecule has 6 heteroatoms. The Bertz CT molecular complexity index is 316. The van der Waals surface area contributed by atoms with Gasteiger partial charge in [0, 0.05) is 13.0 Å². The third-order valence-electron chi connectivity index (χ3n) is 2.56. The second kappa shape index (κ2) is 6.20. The molecule has 0 spiro atoms. The van der Waals surface area contributed by atoms with E-state index in [2.05, 4.69) is 0 Å². The van der Waals surface area contributed by atoms with Crippen LogP contribution in [0.4, 0.5) is 0 Å². The molecule has 1 aliphatic heterocycles. The smallest absolute Gasteiger partial charge is 0.303 e. The van der Waals surface area contributed by atoms with E-state index in [1.165, 1.54) is 0 Å².